The highest BCUT2D eigenvalue weighted by atomic mass is 15.4. The zero-order valence-electron chi connectivity index (χ0n) is 15.0. The number of aromatic nitrogens is 5. The highest BCUT2D eigenvalue weighted by Gasteiger charge is 2.25. The largest absolute Gasteiger partial charge is 0.352 e. The number of rotatable bonds is 2. The van der Waals surface area contributed by atoms with Gasteiger partial charge in [-0.3, -0.25) is 5.10 Å². The predicted octanol–water partition coefficient (Wildman–Crippen LogP) is 3.06. The lowest BCUT2D eigenvalue weighted by Gasteiger charge is -2.29. The number of aryl methyl sites for hydroxylation is 3. The number of nitrogens with zero attached hydrogens (tertiary/aromatic N) is 5. The highest BCUT2D eigenvalue weighted by molar-refractivity contribution is 5.57. The fourth-order valence-corrected chi connectivity index (χ4v) is 3.55. The Balaban J connectivity index is 1.81. The average molecular weight is 324 g/mol. The van der Waals surface area contributed by atoms with Crippen molar-refractivity contribution in [3.8, 4) is 0 Å². The zero-order valence-corrected chi connectivity index (χ0v) is 15.0. The molecule has 0 radical (unpaired) electrons. The van der Waals surface area contributed by atoms with E-state index in [-0.39, 0.29) is 0 Å². The SMILES string of the molecule is Cc1cc(N2CCc3[nH]nc(C(C)C)c3C2)n2nc(C)c(C)c2n1. The topological polar surface area (TPSA) is 62.1 Å². The number of H-pyrrole nitrogens is 1. The van der Waals surface area contributed by atoms with Gasteiger partial charge in [-0.2, -0.15) is 14.7 Å². The van der Waals surface area contributed by atoms with Crippen LogP contribution in [-0.2, 0) is 13.0 Å². The Bertz CT molecular complexity index is 917. The first-order valence-corrected chi connectivity index (χ1v) is 8.60. The van der Waals surface area contributed by atoms with Crippen molar-refractivity contribution in [2.45, 2.75) is 53.5 Å². The van der Waals surface area contributed by atoms with E-state index < -0.39 is 0 Å². The molecular weight excluding hydrogens is 300 g/mol. The molecule has 126 valence electrons. The first-order valence-electron chi connectivity index (χ1n) is 8.60. The molecule has 24 heavy (non-hydrogen) atoms. The molecule has 0 aromatic carbocycles. The van der Waals surface area contributed by atoms with E-state index in [0.717, 1.165) is 47.9 Å². The summed E-state index contributed by atoms with van der Waals surface area (Å²) in [6.07, 6.45) is 0.983. The van der Waals surface area contributed by atoms with Crippen LogP contribution in [0.15, 0.2) is 6.07 Å². The molecule has 0 fully saturated rings. The third-order valence-electron chi connectivity index (χ3n) is 5.00. The standard InChI is InChI=1S/C18H24N6/c1-10(2)17-14-9-23(7-6-15(14)20-21-17)16-8-11(3)19-18-12(4)13(5)22-24(16)18/h8,10H,6-7,9H2,1-5H3,(H,20,21). The molecule has 0 amide bonds. The van der Waals surface area contributed by atoms with Crippen LogP contribution in [0.5, 0.6) is 0 Å². The van der Waals surface area contributed by atoms with Gasteiger partial charge in [0.1, 0.15) is 5.82 Å². The second-order valence-corrected chi connectivity index (χ2v) is 7.09. The summed E-state index contributed by atoms with van der Waals surface area (Å²) in [4.78, 5) is 7.09. The van der Waals surface area contributed by atoms with Gasteiger partial charge in [-0.1, -0.05) is 13.8 Å². The molecule has 6 nitrogen and oxygen atoms in total. The minimum atomic E-state index is 0.429. The van der Waals surface area contributed by atoms with Crippen LogP contribution < -0.4 is 4.90 Å². The number of aromatic amines is 1. The van der Waals surface area contributed by atoms with E-state index in [1.165, 1.54) is 17.0 Å². The molecule has 4 heterocycles. The molecule has 1 N–H and O–H groups in total. The molecule has 1 aliphatic heterocycles. The van der Waals surface area contributed by atoms with Gasteiger partial charge in [0.25, 0.3) is 0 Å². The average Bonchev–Trinajstić information content (AvgIpc) is 3.09. The predicted molar refractivity (Wildman–Crippen MR) is 94.6 cm³/mol. The Kier molecular flexibility index (Phi) is 3.37. The van der Waals surface area contributed by atoms with Gasteiger partial charge < -0.3 is 4.90 Å². The van der Waals surface area contributed by atoms with Crippen LogP contribution in [0.1, 0.15) is 53.7 Å². The Morgan fingerprint density at radius 2 is 2.00 bits per heavy atom. The summed E-state index contributed by atoms with van der Waals surface area (Å²) in [5.74, 6) is 1.55. The molecule has 0 aliphatic carbocycles. The molecule has 3 aromatic rings. The molecule has 0 saturated heterocycles. The molecule has 1 aliphatic rings. The van der Waals surface area contributed by atoms with E-state index >= 15 is 0 Å². The van der Waals surface area contributed by atoms with Crippen molar-refractivity contribution in [1.82, 2.24) is 24.8 Å². The van der Waals surface area contributed by atoms with Crippen LogP contribution >= 0.6 is 0 Å². The minimum absolute atomic E-state index is 0.429. The summed E-state index contributed by atoms with van der Waals surface area (Å²) in [7, 11) is 0. The van der Waals surface area contributed by atoms with Gasteiger partial charge in [-0.25, -0.2) is 4.98 Å². The fourth-order valence-electron chi connectivity index (χ4n) is 3.55. The Labute approximate surface area is 141 Å². The summed E-state index contributed by atoms with van der Waals surface area (Å²) in [5, 5.41) is 12.5. The van der Waals surface area contributed by atoms with E-state index in [0.29, 0.717) is 5.92 Å². The third kappa shape index (κ3) is 2.20. The van der Waals surface area contributed by atoms with E-state index in [1.807, 2.05) is 11.4 Å². The maximum absolute atomic E-state index is 4.72. The summed E-state index contributed by atoms with van der Waals surface area (Å²) in [5.41, 5.74) is 8.00. The van der Waals surface area contributed by atoms with E-state index in [1.54, 1.807) is 0 Å². The van der Waals surface area contributed by atoms with Gasteiger partial charge in [0.2, 0.25) is 0 Å². The third-order valence-corrected chi connectivity index (χ3v) is 5.00. The van der Waals surface area contributed by atoms with Crippen molar-refractivity contribution in [2.75, 3.05) is 11.4 Å². The van der Waals surface area contributed by atoms with Crippen LogP contribution in [-0.4, -0.2) is 31.3 Å². The second-order valence-electron chi connectivity index (χ2n) is 7.09. The van der Waals surface area contributed by atoms with Crippen LogP contribution in [0.4, 0.5) is 5.82 Å². The van der Waals surface area contributed by atoms with Crippen molar-refractivity contribution >= 4 is 11.5 Å². The van der Waals surface area contributed by atoms with Gasteiger partial charge in [-0.05, 0) is 26.7 Å². The lowest BCUT2D eigenvalue weighted by molar-refractivity contribution is 0.685. The minimum Gasteiger partial charge on any atom is -0.352 e. The summed E-state index contributed by atoms with van der Waals surface area (Å²) < 4.78 is 2.00. The summed E-state index contributed by atoms with van der Waals surface area (Å²) >= 11 is 0. The molecule has 0 atom stereocenters. The molecule has 0 saturated carbocycles. The van der Waals surface area contributed by atoms with Crippen LogP contribution in [0.3, 0.4) is 0 Å². The fraction of sp³-hybridized carbons (Fsp3) is 0.500. The molecule has 0 spiro atoms. The van der Waals surface area contributed by atoms with E-state index in [2.05, 4.69) is 53.8 Å². The maximum atomic E-state index is 4.72. The van der Waals surface area contributed by atoms with Crippen molar-refractivity contribution in [1.29, 1.82) is 0 Å². The normalized spacial score (nSPS) is 14.7. The monoisotopic (exact) mass is 324 g/mol. The van der Waals surface area contributed by atoms with Crippen LogP contribution in [0.25, 0.3) is 5.65 Å². The molecule has 0 unspecified atom stereocenters. The van der Waals surface area contributed by atoms with E-state index in [4.69, 9.17) is 5.10 Å². The van der Waals surface area contributed by atoms with Crippen molar-refractivity contribution in [3.05, 3.63) is 40.0 Å². The molecule has 0 bridgehead atoms. The zero-order chi connectivity index (χ0) is 17.0. The van der Waals surface area contributed by atoms with Crippen molar-refractivity contribution in [3.63, 3.8) is 0 Å². The summed E-state index contributed by atoms with van der Waals surface area (Å²) in [6.45, 7) is 12.4. The van der Waals surface area contributed by atoms with Gasteiger partial charge in [0.05, 0.1) is 11.4 Å². The number of hydrogen-bond donors (Lipinski definition) is 1. The number of hydrogen-bond acceptors (Lipinski definition) is 4. The first kappa shape index (κ1) is 15.2. The highest BCUT2D eigenvalue weighted by Crippen LogP contribution is 2.29. The molecular formula is C18H24N6. The first-order chi connectivity index (χ1) is 11.5. The smallest absolute Gasteiger partial charge is 0.160 e. The van der Waals surface area contributed by atoms with Crippen LogP contribution in [0.2, 0.25) is 0 Å². The molecule has 4 rings (SSSR count). The molecule has 3 aromatic heterocycles. The Morgan fingerprint density at radius 3 is 2.75 bits per heavy atom. The summed E-state index contributed by atoms with van der Waals surface area (Å²) in [6, 6.07) is 2.14. The number of fused-ring (bicyclic) bond motifs is 2. The van der Waals surface area contributed by atoms with Crippen molar-refractivity contribution < 1.29 is 0 Å². The lowest BCUT2D eigenvalue weighted by Crippen LogP contribution is -2.32. The molecule has 6 heteroatoms. The van der Waals surface area contributed by atoms with Crippen LogP contribution in [0, 0.1) is 20.8 Å². The van der Waals surface area contributed by atoms with Gasteiger partial charge in [-0.15, -0.1) is 0 Å². The number of nitrogens with one attached hydrogen (secondary N) is 1. The lowest BCUT2D eigenvalue weighted by atomic mass is 9.99. The maximum Gasteiger partial charge on any atom is 0.160 e. The van der Waals surface area contributed by atoms with Gasteiger partial charge >= 0.3 is 0 Å². The Hall–Kier alpha value is -2.37. The quantitative estimate of drug-likeness (QED) is 0.787. The van der Waals surface area contributed by atoms with Crippen molar-refractivity contribution in [2.24, 2.45) is 0 Å². The van der Waals surface area contributed by atoms with Gasteiger partial charge in [0, 0.05) is 48.1 Å². The van der Waals surface area contributed by atoms with Gasteiger partial charge in [0.15, 0.2) is 5.65 Å². The second kappa shape index (κ2) is 5.33. The number of anilines is 1. The van der Waals surface area contributed by atoms with E-state index in [9.17, 15) is 0 Å². The Morgan fingerprint density at radius 1 is 1.21 bits per heavy atom.